The van der Waals surface area contributed by atoms with Crippen LogP contribution >= 0.6 is 0 Å². The third-order valence-corrected chi connectivity index (χ3v) is 6.79. The van der Waals surface area contributed by atoms with E-state index in [2.05, 4.69) is 24.8 Å². The Labute approximate surface area is 194 Å². The first-order valence-corrected chi connectivity index (χ1v) is 11.5. The summed E-state index contributed by atoms with van der Waals surface area (Å²) in [6.45, 7) is 1.36. The lowest BCUT2D eigenvalue weighted by Gasteiger charge is -2.38. The molecule has 0 atom stereocenters. The van der Waals surface area contributed by atoms with E-state index in [4.69, 9.17) is 20.4 Å². The van der Waals surface area contributed by atoms with E-state index in [0.29, 0.717) is 31.3 Å². The van der Waals surface area contributed by atoms with Gasteiger partial charge in [-0.15, -0.1) is 0 Å². The van der Waals surface area contributed by atoms with Gasteiger partial charge in [0.2, 0.25) is 0 Å². The molecule has 0 amide bonds. The molecule has 1 aromatic carbocycles. The molecule has 10 heteroatoms. The first-order chi connectivity index (χ1) is 16.6. The molecule has 0 bridgehead atoms. The molecule has 172 valence electrons. The van der Waals surface area contributed by atoms with Crippen molar-refractivity contribution in [1.82, 2.24) is 24.5 Å². The lowest BCUT2D eigenvalue weighted by atomic mass is 10.0. The Hall–Kier alpha value is -3.79. The molecule has 3 N–H and O–H groups in total. The molecule has 9 nitrogen and oxygen atoms in total. The van der Waals surface area contributed by atoms with Crippen molar-refractivity contribution >= 4 is 22.7 Å². The second kappa shape index (κ2) is 7.10. The van der Waals surface area contributed by atoms with Crippen LogP contribution in [0.1, 0.15) is 30.1 Å². The van der Waals surface area contributed by atoms with Crippen LogP contribution in [0, 0.1) is 5.82 Å². The van der Waals surface area contributed by atoms with Crippen molar-refractivity contribution in [3.63, 3.8) is 0 Å². The highest BCUT2D eigenvalue weighted by molar-refractivity contribution is 5.88. The van der Waals surface area contributed by atoms with Crippen LogP contribution in [0.15, 0.2) is 30.7 Å². The lowest BCUT2D eigenvalue weighted by Crippen LogP contribution is -2.56. The van der Waals surface area contributed by atoms with E-state index in [1.807, 2.05) is 12.4 Å². The summed E-state index contributed by atoms with van der Waals surface area (Å²) in [5.74, 6) is 0.949. The number of halogens is 1. The summed E-state index contributed by atoms with van der Waals surface area (Å²) in [6.07, 6.45) is 6.42. The standard InChI is InChI=1S/C24H23FN8O/c1-27-18-5-12(25)4-17-16(18)7-19-21(17)23(32-9-13(26)10-32)31-24(30-19)34-15-6-20-22(28-8-15)33(11-29-20)14-2-3-14/h4-6,8,11,13-14,27H,2-3,7,9-10,26H2,1H3. The van der Waals surface area contributed by atoms with Gasteiger partial charge in [-0.3, -0.25) is 0 Å². The van der Waals surface area contributed by atoms with E-state index >= 15 is 0 Å². The number of nitrogens with zero attached hydrogens (tertiary/aromatic N) is 6. The van der Waals surface area contributed by atoms with Gasteiger partial charge in [0.1, 0.15) is 17.2 Å². The van der Waals surface area contributed by atoms with Gasteiger partial charge in [-0.05, 0) is 36.1 Å². The third-order valence-electron chi connectivity index (χ3n) is 6.79. The van der Waals surface area contributed by atoms with Crippen LogP contribution in [-0.2, 0) is 6.42 Å². The molecule has 1 aliphatic heterocycles. The van der Waals surface area contributed by atoms with Gasteiger partial charge in [0.25, 0.3) is 0 Å². The van der Waals surface area contributed by atoms with E-state index in [9.17, 15) is 4.39 Å². The van der Waals surface area contributed by atoms with Gasteiger partial charge < -0.3 is 25.3 Å². The number of hydrogen-bond donors (Lipinski definition) is 2. The average molecular weight is 459 g/mol. The van der Waals surface area contributed by atoms with Crippen molar-refractivity contribution in [2.45, 2.75) is 31.3 Å². The summed E-state index contributed by atoms with van der Waals surface area (Å²) in [5, 5.41) is 3.10. The van der Waals surface area contributed by atoms with Crippen LogP contribution in [0.3, 0.4) is 0 Å². The molecule has 4 heterocycles. The number of imidazole rings is 1. The van der Waals surface area contributed by atoms with Crippen LogP contribution in [0.25, 0.3) is 22.3 Å². The van der Waals surface area contributed by atoms with Crippen molar-refractivity contribution in [3.05, 3.63) is 47.8 Å². The monoisotopic (exact) mass is 458 g/mol. The molecule has 3 aromatic heterocycles. The van der Waals surface area contributed by atoms with Gasteiger partial charge in [-0.2, -0.15) is 9.97 Å². The molecule has 34 heavy (non-hydrogen) atoms. The quantitative estimate of drug-likeness (QED) is 0.413. The Morgan fingerprint density at radius 2 is 2.00 bits per heavy atom. The van der Waals surface area contributed by atoms with Gasteiger partial charge in [-0.1, -0.05) is 0 Å². The van der Waals surface area contributed by atoms with Crippen molar-refractivity contribution in [3.8, 4) is 22.9 Å². The maximum atomic E-state index is 14.4. The highest BCUT2D eigenvalue weighted by Gasteiger charge is 2.34. The number of anilines is 2. The lowest BCUT2D eigenvalue weighted by molar-refractivity contribution is 0.435. The Balaban J connectivity index is 1.29. The van der Waals surface area contributed by atoms with Gasteiger partial charge >= 0.3 is 6.01 Å². The minimum Gasteiger partial charge on any atom is -0.423 e. The molecule has 2 aliphatic carbocycles. The number of ether oxygens (including phenoxy) is 1. The van der Waals surface area contributed by atoms with Gasteiger partial charge in [0.05, 0.1) is 18.2 Å². The van der Waals surface area contributed by atoms with Gasteiger partial charge in [0, 0.05) is 56.0 Å². The van der Waals surface area contributed by atoms with Crippen LogP contribution in [0.4, 0.5) is 15.9 Å². The van der Waals surface area contributed by atoms with Crippen molar-refractivity contribution in [1.29, 1.82) is 0 Å². The van der Waals surface area contributed by atoms with Crippen LogP contribution in [0.5, 0.6) is 11.8 Å². The Bertz CT molecular complexity index is 1460. The number of rotatable bonds is 5. The molecule has 1 saturated heterocycles. The Morgan fingerprint density at radius 3 is 2.76 bits per heavy atom. The van der Waals surface area contributed by atoms with E-state index in [1.165, 1.54) is 18.9 Å². The highest BCUT2D eigenvalue weighted by atomic mass is 19.1. The fraction of sp³-hybridized carbons (Fsp3) is 0.333. The first-order valence-electron chi connectivity index (χ1n) is 11.5. The zero-order chi connectivity index (χ0) is 23.0. The molecule has 1 saturated carbocycles. The molecule has 2 fully saturated rings. The normalized spacial score (nSPS) is 17.0. The van der Waals surface area contributed by atoms with Gasteiger partial charge in [0.15, 0.2) is 11.4 Å². The fourth-order valence-electron chi connectivity index (χ4n) is 4.96. The molecule has 7 rings (SSSR count). The predicted octanol–water partition coefficient (Wildman–Crippen LogP) is 3.25. The molecule has 0 spiro atoms. The average Bonchev–Trinajstić information content (AvgIpc) is 3.46. The van der Waals surface area contributed by atoms with E-state index in [0.717, 1.165) is 45.1 Å². The number of benzene rings is 1. The minimum atomic E-state index is -0.299. The molecule has 0 unspecified atom stereocenters. The van der Waals surface area contributed by atoms with Crippen molar-refractivity contribution < 1.29 is 9.13 Å². The van der Waals surface area contributed by atoms with Gasteiger partial charge in [-0.25, -0.2) is 14.4 Å². The Kier molecular flexibility index (Phi) is 4.11. The fourth-order valence-corrected chi connectivity index (χ4v) is 4.96. The largest absolute Gasteiger partial charge is 0.423 e. The molecular formula is C24H23FN8O. The summed E-state index contributed by atoms with van der Waals surface area (Å²) in [6, 6.07) is 5.75. The third kappa shape index (κ3) is 3.02. The zero-order valence-corrected chi connectivity index (χ0v) is 18.6. The maximum Gasteiger partial charge on any atom is 0.324 e. The van der Waals surface area contributed by atoms with Crippen molar-refractivity contribution in [2.24, 2.45) is 5.73 Å². The smallest absolute Gasteiger partial charge is 0.324 e. The summed E-state index contributed by atoms with van der Waals surface area (Å²) in [4.78, 5) is 20.6. The van der Waals surface area contributed by atoms with E-state index in [1.54, 1.807) is 19.3 Å². The Morgan fingerprint density at radius 1 is 1.15 bits per heavy atom. The number of fused-ring (bicyclic) bond motifs is 4. The molecule has 0 radical (unpaired) electrons. The highest BCUT2D eigenvalue weighted by Crippen LogP contribution is 2.46. The molecule has 4 aromatic rings. The summed E-state index contributed by atoms with van der Waals surface area (Å²) in [7, 11) is 1.79. The van der Waals surface area contributed by atoms with Crippen LogP contribution in [-0.4, -0.2) is 50.7 Å². The molecule has 3 aliphatic rings. The number of hydrogen-bond acceptors (Lipinski definition) is 8. The molecular weight excluding hydrogens is 435 g/mol. The van der Waals surface area contributed by atoms with Crippen LogP contribution in [0.2, 0.25) is 0 Å². The second-order valence-electron chi connectivity index (χ2n) is 9.22. The zero-order valence-electron chi connectivity index (χ0n) is 18.6. The number of aromatic nitrogens is 5. The number of nitrogens with two attached hydrogens (primary N) is 1. The van der Waals surface area contributed by atoms with Crippen LogP contribution < -0.4 is 20.7 Å². The number of pyridine rings is 1. The topological polar surface area (TPSA) is 107 Å². The van der Waals surface area contributed by atoms with Crippen molar-refractivity contribution in [2.75, 3.05) is 30.4 Å². The minimum absolute atomic E-state index is 0.0874. The number of nitrogens with one attached hydrogen (secondary N) is 1. The SMILES string of the molecule is CNc1cc(F)cc2c1Cc1nc(Oc3cnc4c(c3)ncn4C3CC3)nc(N3CC(N)C3)c1-2. The summed E-state index contributed by atoms with van der Waals surface area (Å²) >= 11 is 0. The van der Waals surface area contributed by atoms with E-state index in [-0.39, 0.29) is 17.9 Å². The summed E-state index contributed by atoms with van der Waals surface area (Å²) < 4.78 is 22.6. The summed E-state index contributed by atoms with van der Waals surface area (Å²) in [5.41, 5.74) is 11.9. The second-order valence-corrected chi connectivity index (χ2v) is 9.22. The van der Waals surface area contributed by atoms with E-state index < -0.39 is 0 Å². The maximum absolute atomic E-state index is 14.4. The first kappa shape index (κ1) is 19.7. The predicted molar refractivity (Wildman–Crippen MR) is 126 cm³/mol.